The lowest BCUT2D eigenvalue weighted by Gasteiger charge is -2.47. The van der Waals surface area contributed by atoms with Crippen LogP contribution >= 0.6 is 0 Å². The van der Waals surface area contributed by atoms with Crippen LogP contribution in [-0.2, 0) is 17.8 Å². The number of carbonyl (C=O) groups is 1. The van der Waals surface area contributed by atoms with Gasteiger partial charge in [-0.1, -0.05) is 36.4 Å². The molecule has 160 valence electrons. The Morgan fingerprint density at radius 3 is 2.68 bits per heavy atom. The van der Waals surface area contributed by atoms with Gasteiger partial charge in [0.25, 0.3) is 5.56 Å². The molecule has 0 saturated carbocycles. The molecule has 1 amide bonds. The molecule has 3 atom stereocenters. The summed E-state index contributed by atoms with van der Waals surface area (Å²) in [6, 6.07) is 18.0. The summed E-state index contributed by atoms with van der Waals surface area (Å²) in [5.74, 6) is 0.672. The number of piperidine rings is 1. The molecule has 0 unspecified atom stereocenters. The molecular formula is C25H28N4O2. The summed E-state index contributed by atoms with van der Waals surface area (Å²) >= 11 is 0. The lowest BCUT2D eigenvalue weighted by atomic mass is 9.76. The molecule has 0 radical (unpaired) electrons. The first-order chi connectivity index (χ1) is 15.1. The Bertz CT molecular complexity index is 1130. The Kier molecular flexibility index (Phi) is 5.22. The molecule has 2 aromatic heterocycles. The number of amides is 1. The van der Waals surface area contributed by atoms with E-state index in [4.69, 9.17) is 0 Å². The Morgan fingerprint density at radius 2 is 1.90 bits per heavy atom. The molecule has 0 N–H and O–H groups in total. The van der Waals surface area contributed by atoms with Gasteiger partial charge in [-0.15, -0.1) is 0 Å². The molecule has 6 heteroatoms. The van der Waals surface area contributed by atoms with Crippen molar-refractivity contribution in [2.45, 2.75) is 44.7 Å². The monoisotopic (exact) mass is 416 g/mol. The van der Waals surface area contributed by atoms with E-state index in [0.29, 0.717) is 26.1 Å². The van der Waals surface area contributed by atoms with Gasteiger partial charge in [-0.05, 0) is 43.4 Å². The number of aromatic nitrogens is 3. The number of nitrogens with zero attached hydrogens (tertiary/aromatic N) is 4. The molecule has 2 aliphatic rings. The van der Waals surface area contributed by atoms with E-state index < -0.39 is 0 Å². The van der Waals surface area contributed by atoms with E-state index >= 15 is 0 Å². The molecule has 31 heavy (non-hydrogen) atoms. The fourth-order valence-electron chi connectivity index (χ4n) is 5.32. The third-order valence-corrected chi connectivity index (χ3v) is 6.77. The average Bonchev–Trinajstić information content (AvgIpc) is 3.21. The van der Waals surface area contributed by atoms with Gasteiger partial charge in [0.1, 0.15) is 0 Å². The molecular weight excluding hydrogens is 388 g/mol. The van der Waals surface area contributed by atoms with E-state index in [1.54, 1.807) is 6.07 Å². The minimum absolute atomic E-state index is 0.0713. The first kappa shape index (κ1) is 19.8. The molecule has 6 nitrogen and oxygen atoms in total. The zero-order chi connectivity index (χ0) is 21.4. The Balaban J connectivity index is 1.39. The first-order valence-corrected chi connectivity index (χ1v) is 11.1. The summed E-state index contributed by atoms with van der Waals surface area (Å²) in [7, 11) is 0. The van der Waals surface area contributed by atoms with Gasteiger partial charge in [0.05, 0.1) is 5.69 Å². The average molecular weight is 417 g/mol. The fraction of sp³-hybridized carbons (Fsp3) is 0.400. The molecule has 5 rings (SSSR count). The van der Waals surface area contributed by atoms with Gasteiger partial charge in [0.15, 0.2) is 0 Å². The van der Waals surface area contributed by atoms with Crippen LogP contribution in [0.2, 0.25) is 0 Å². The predicted octanol–water partition coefficient (Wildman–Crippen LogP) is 3.17. The highest BCUT2D eigenvalue weighted by Gasteiger charge is 2.41. The third kappa shape index (κ3) is 3.94. The smallest absolute Gasteiger partial charge is 0.251 e. The Hall–Kier alpha value is -3.15. The summed E-state index contributed by atoms with van der Waals surface area (Å²) in [6.07, 6.45) is 4.21. The van der Waals surface area contributed by atoms with Crippen LogP contribution in [0.3, 0.4) is 0 Å². The standard InChI is InChI=1S/C25H28N4O2/c1-18-10-12-28(26-18)13-11-24(30)27-16-20-15-21(17-27)23(14-19-6-3-2-4-7-19)29-22(20)8-5-9-25(29)31/h2-10,12,20-21,23H,11,13-17H2,1H3/t20-,21+,23+/m1/s1. The van der Waals surface area contributed by atoms with Gasteiger partial charge < -0.3 is 9.47 Å². The number of hydrogen-bond donors (Lipinski definition) is 0. The van der Waals surface area contributed by atoms with Gasteiger partial charge in [0, 0.05) is 56.0 Å². The second-order valence-electron chi connectivity index (χ2n) is 8.88. The van der Waals surface area contributed by atoms with Crippen molar-refractivity contribution in [1.29, 1.82) is 0 Å². The van der Waals surface area contributed by atoms with Gasteiger partial charge in [-0.25, -0.2) is 0 Å². The van der Waals surface area contributed by atoms with E-state index in [2.05, 4.69) is 23.3 Å². The van der Waals surface area contributed by atoms with Crippen molar-refractivity contribution in [3.63, 3.8) is 0 Å². The highest BCUT2D eigenvalue weighted by atomic mass is 16.2. The molecule has 0 spiro atoms. The van der Waals surface area contributed by atoms with E-state index in [9.17, 15) is 9.59 Å². The third-order valence-electron chi connectivity index (χ3n) is 6.77. The summed E-state index contributed by atoms with van der Waals surface area (Å²) in [5, 5.41) is 4.39. The largest absolute Gasteiger partial charge is 0.342 e. The maximum absolute atomic E-state index is 13.1. The molecule has 1 saturated heterocycles. The number of rotatable bonds is 5. The maximum Gasteiger partial charge on any atom is 0.251 e. The van der Waals surface area contributed by atoms with Gasteiger partial charge in [-0.2, -0.15) is 5.10 Å². The SMILES string of the molecule is Cc1ccn(CCC(=O)N2C[C@H]3C[C@@H](C2)[C@H](Cc2ccccc2)n2c3cccc2=O)n1. The van der Waals surface area contributed by atoms with Crippen molar-refractivity contribution in [2.75, 3.05) is 13.1 Å². The predicted molar refractivity (Wildman–Crippen MR) is 119 cm³/mol. The lowest BCUT2D eigenvalue weighted by molar-refractivity contribution is -0.134. The van der Waals surface area contributed by atoms with Gasteiger partial charge in [-0.3, -0.25) is 14.3 Å². The number of fused-ring (bicyclic) bond motifs is 4. The van der Waals surface area contributed by atoms with Crippen molar-refractivity contribution in [1.82, 2.24) is 19.2 Å². The van der Waals surface area contributed by atoms with Crippen LogP contribution < -0.4 is 5.56 Å². The summed E-state index contributed by atoms with van der Waals surface area (Å²) in [5.41, 5.74) is 3.34. The van der Waals surface area contributed by atoms with Crippen LogP contribution in [0.5, 0.6) is 0 Å². The van der Waals surface area contributed by atoms with Crippen LogP contribution in [0.15, 0.2) is 65.6 Å². The fourth-order valence-corrected chi connectivity index (χ4v) is 5.32. The Morgan fingerprint density at radius 1 is 1.06 bits per heavy atom. The number of hydrogen-bond acceptors (Lipinski definition) is 3. The second kappa shape index (κ2) is 8.17. The Labute approximate surface area is 182 Å². The normalized spacial score (nSPS) is 22.2. The van der Waals surface area contributed by atoms with Crippen molar-refractivity contribution < 1.29 is 4.79 Å². The number of likely N-dealkylation sites (tertiary alicyclic amines) is 1. The number of carbonyl (C=O) groups excluding carboxylic acids is 1. The van der Waals surface area contributed by atoms with E-state index in [1.807, 2.05) is 57.6 Å². The topological polar surface area (TPSA) is 60.1 Å². The van der Waals surface area contributed by atoms with E-state index in [-0.39, 0.29) is 29.3 Å². The number of aryl methyl sites for hydroxylation is 2. The second-order valence-corrected chi connectivity index (χ2v) is 8.88. The molecule has 1 aromatic carbocycles. The van der Waals surface area contributed by atoms with Crippen molar-refractivity contribution in [2.24, 2.45) is 5.92 Å². The van der Waals surface area contributed by atoms with Crippen molar-refractivity contribution >= 4 is 5.91 Å². The van der Waals surface area contributed by atoms with Crippen molar-refractivity contribution in [3.05, 3.63) is 88.1 Å². The van der Waals surface area contributed by atoms with E-state index in [1.165, 1.54) is 5.56 Å². The molecule has 2 aliphatic heterocycles. The summed E-state index contributed by atoms with van der Waals surface area (Å²) in [6.45, 7) is 3.96. The van der Waals surface area contributed by atoms with Gasteiger partial charge in [0.2, 0.25) is 5.91 Å². The highest BCUT2D eigenvalue weighted by Crippen LogP contribution is 2.42. The van der Waals surface area contributed by atoms with Crippen LogP contribution in [-0.4, -0.2) is 38.2 Å². The number of pyridine rings is 1. The zero-order valence-electron chi connectivity index (χ0n) is 17.9. The molecule has 2 bridgehead atoms. The summed E-state index contributed by atoms with van der Waals surface area (Å²) in [4.78, 5) is 27.9. The van der Waals surface area contributed by atoms with Gasteiger partial charge >= 0.3 is 0 Å². The summed E-state index contributed by atoms with van der Waals surface area (Å²) < 4.78 is 3.85. The maximum atomic E-state index is 13.1. The van der Waals surface area contributed by atoms with Crippen LogP contribution in [0.1, 0.15) is 41.8 Å². The minimum atomic E-state index is 0.0713. The highest BCUT2D eigenvalue weighted by molar-refractivity contribution is 5.76. The zero-order valence-corrected chi connectivity index (χ0v) is 17.9. The minimum Gasteiger partial charge on any atom is -0.342 e. The van der Waals surface area contributed by atoms with E-state index in [0.717, 1.165) is 24.2 Å². The van der Waals surface area contributed by atoms with Crippen LogP contribution in [0.25, 0.3) is 0 Å². The number of benzene rings is 1. The van der Waals surface area contributed by atoms with Crippen molar-refractivity contribution in [3.8, 4) is 0 Å². The van der Waals surface area contributed by atoms with Crippen LogP contribution in [0.4, 0.5) is 0 Å². The molecule has 0 aliphatic carbocycles. The first-order valence-electron chi connectivity index (χ1n) is 11.1. The van der Waals surface area contributed by atoms with Crippen LogP contribution in [0, 0.1) is 12.8 Å². The quantitative estimate of drug-likeness (QED) is 0.642. The lowest BCUT2D eigenvalue weighted by Crippen LogP contribution is -2.51. The molecule has 1 fully saturated rings. The molecule has 4 heterocycles. The molecule has 3 aromatic rings.